The smallest absolute Gasteiger partial charge is 0.261 e. The Morgan fingerprint density at radius 2 is 2.16 bits per heavy atom. The summed E-state index contributed by atoms with van der Waals surface area (Å²) >= 11 is 1.69. The van der Waals surface area contributed by atoms with Crippen LogP contribution in [0.4, 0.5) is 5.00 Å². The third-order valence-corrected chi connectivity index (χ3v) is 4.76. The van der Waals surface area contributed by atoms with Crippen molar-refractivity contribution in [2.75, 3.05) is 5.73 Å². The topological polar surface area (TPSA) is 64.9 Å². The Morgan fingerprint density at radius 3 is 3.00 bits per heavy atom. The molecule has 3 rings (SSSR count). The molecule has 2 N–H and O–H groups in total. The number of rotatable bonds is 4. The molecule has 19 heavy (non-hydrogen) atoms. The van der Waals surface area contributed by atoms with Crippen molar-refractivity contribution in [1.82, 2.24) is 10.1 Å². The van der Waals surface area contributed by atoms with Crippen molar-refractivity contribution >= 4 is 16.3 Å². The van der Waals surface area contributed by atoms with E-state index in [1.807, 2.05) is 0 Å². The lowest BCUT2D eigenvalue weighted by Gasteiger charge is -2.10. The molecular weight excluding hydrogens is 258 g/mol. The Balaban J connectivity index is 1.93. The van der Waals surface area contributed by atoms with Crippen LogP contribution in [-0.4, -0.2) is 10.1 Å². The average molecular weight is 277 g/mol. The van der Waals surface area contributed by atoms with E-state index >= 15 is 0 Å². The SMILES string of the molecule is CCCCc1noc(-c2c(N)sc3c2CCCC3)n1. The number of aryl methyl sites for hydroxylation is 2. The van der Waals surface area contributed by atoms with Gasteiger partial charge in [0.1, 0.15) is 0 Å². The van der Waals surface area contributed by atoms with Crippen LogP contribution < -0.4 is 5.73 Å². The molecule has 1 aliphatic rings. The number of hydrogen-bond acceptors (Lipinski definition) is 5. The van der Waals surface area contributed by atoms with Gasteiger partial charge in [0.15, 0.2) is 5.82 Å². The number of hydrogen-bond donors (Lipinski definition) is 1. The van der Waals surface area contributed by atoms with Crippen LogP contribution in [0.3, 0.4) is 0 Å². The number of fused-ring (bicyclic) bond motifs is 1. The number of unbranched alkanes of at least 4 members (excludes halogenated alkanes) is 1. The summed E-state index contributed by atoms with van der Waals surface area (Å²) in [4.78, 5) is 5.92. The van der Waals surface area contributed by atoms with Gasteiger partial charge in [-0.05, 0) is 37.7 Å². The van der Waals surface area contributed by atoms with E-state index in [0.29, 0.717) is 5.89 Å². The van der Waals surface area contributed by atoms with E-state index in [4.69, 9.17) is 10.3 Å². The molecule has 2 aromatic rings. The fraction of sp³-hybridized carbons (Fsp3) is 0.571. The first-order chi connectivity index (χ1) is 9.29. The largest absolute Gasteiger partial charge is 0.390 e. The van der Waals surface area contributed by atoms with E-state index in [9.17, 15) is 0 Å². The lowest BCUT2D eigenvalue weighted by molar-refractivity contribution is 0.421. The van der Waals surface area contributed by atoms with Crippen molar-refractivity contribution in [2.45, 2.75) is 51.9 Å². The minimum Gasteiger partial charge on any atom is -0.390 e. The van der Waals surface area contributed by atoms with Crippen LogP contribution in [0.5, 0.6) is 0 Å². The molecule has 0 fully saturated rings. The Morgan fingerprint density at radius 1 is 1.32 bits per heavy atom. The third kappa shape index (κ3) is 2.39. The predicted octanol–water partition coefficient (Wildman–Crippen LogP) is 3.60. The highest BCUT2D eigenvalue weighted by Crippen LogP contribution is 2.41. The first kappa shape index (κ1) is 12.7. The molecular formula is C14H19N3OS. The molecule has 2 aromatic heterocycles. The fourth-order valence-electron chi connectivity index (χ4n) is 2.61. The monoisotopic (exact) mass is 277 g/mol. The van der Waals surface area contributed by atoms with Crippen molar-refractivity contribution < 1.29 is 4.52 Å². The van der Waals surface area contributed by atoms with Crippen LogP contribution in [0.15, 0.2) is 4.52 Å². The minimum atomic E-state index is 0.614. The molecule has 102 valence electrons. The standard InChI is InChI=1S/C14H19N3OS/c1-2-3-8-11-16-14(18-17-11)12-9-6-4-5-7-10(9)19-13(12)15/h2-8,15H2,1H3. The van der Waals surface area contributed by atoms with Gasteiger partial charge in [-0.15, -0.1) is 11.3 Å². The van der Waals surface area contributed by atoms with Gasteiger partial charge in [0.25, 0.3) is 5.89 Å². The first-order valence-corrected chi connectivity index (χ1v) is 7.84. The number of nitrogens with zero attached hydrogens (tertiary/aromatic N) is 2. The van der Waals surface area contributed by atoms with E-state index in [1.54, 1.807) is 11.3 Å². The number of anilines is 1. The van der Waals surface area contributed by atoms with Crippen molar-refractivity contribution in [3.8, 4) is 11.5 Å². The maximum Gasteiger partial charge on any atom is 0.261 e. The van der Waals surface area contributed by atoms with E-state index in [-0.39, 0.29) is 0 Å². The predicted molar refractivity (Wildman–Crippen MR) is 77.3 cm³/mol. The van der Waals surface area contributed by atoms with Crippen LogP contribution in [0.25, 0.3) is 11.5 Å². The van der Waals surface area contributed by atoms with E-state index in [0.717, 1.165) is 48.5 Å². The van der Waals surface area contributed by atoms with Crippen LogP contribution in [0.1, 0.15) is 48.9 Å². The molecule has 0 unspecified atom stereocenters. The molecule has 0 atom stereocenters. The molecule has 0 radical (unpaired) electrons. The Labute approximate surface area is 117 Å². The molecule has 4 nitrogen and oxygen atoms in total. The Hall–Kier alpha value is -1.36. The normalized spacial score (nSPS) is 14.6. The van der Waals surface area contributed by atoms with E-state index in [1.165, 1.54) is 23.3 Å². The van der Waals surface area contributed by atoms with Crippen LogP contribution >= 0.6 is 11.3 Å². The molecule has 0 aromatic carbocycles. The van der Waals surface area contributed by atoms with Crippen molar-refractivity contribution in [3.63, 3.8) is 0 Å². The quantitative estimate of drug-likeness (QED) is 0.927. The second kappa shape index (κ2) is 5.33. The van der Waals surface area contributed by atoms with Gasteiger partial charge in [-0.2, -0.15) is 4.98 Å². The second-order valence-electron chi connectivity index (χ2n) is 5.07. The average Bonchev–Trinajstić information content (AvgIpc) is 2.99. The maximum atomic E-state index is 6.15. The summed E-state index contributed by atoms with van der Waals surface area (Å²) < 4.78 is 5.42. The van der Waals surface area contributed by atoms with E-state index in [2.05, 4.69) is 17.1 Å². The lowest BCUT2D eigenvalue weighted by Crippen LogP contribution is -2.00. The van der Waals surface area contributed by atoms with Gasteiger partial charge in [-0.1, -0.05) is 18.5 Å². The van der Waals surface area contributed by atoms with Crippen molar-refractivity contribution in [2.24, 2.45) is 0 Å². The summed E-state index contributed by atoms with van der Waals surface area (Å²) in [6.07, 6.45) is 7.83. The number of nitrogen functional groups attached to an aromatic ring is 1. The third-order valence-electron chi connectivity index (χ3n) is 3.63. The van der Waals surface area contributed by atoms with Gasteiger partial charge in [0, 0.05) is 11.3 Å². The number of thiophene rings is 1. The zero-order valence-electron chi connectivity index (χ0n) is 11.2. The van der Waals surface area contributed by atoms with Crippen LogP contribution in [-0.2, 0) is 19.3 Å². The van der Waals surface area contributed by atoms with Gasteiger partial charge in [0.2, 0.25) is 0 Å². The fourth-order valence-corrected chi connectivity index (χ4v) is 3.77. The molecule has 0 aliphatic heterocycles. The first-order valence-electron chi connectivity index (χ1n) is 7.02. The summed E-state index contributed by atoms with van der Waals surface area (Å²) in [7, 11) is 0. The molecule has 0 amide bonds. The van der Waals surface area contributed by atoms with Gasteiger partial charge >= 0.3 is 0 Å². The highest BCUT2D eigenvalue weighted by molar-refractivity contribution is 7.16. The summed E-state index contributed by atoms with van der Waals surface area (Å²) in [5.74, 6) is 1.41. The van der Waals surface area contributed by atoms with Crippen molar-refractivity contribution in [1.29, 1.82) is 0 Å². The Kier molecular flexibility index (Phi) is 3.55. The zero-order valence-corrected chi connectivity index (χ0v) is 12.1. The lowest BCUT2D eigenvalue weighted by atomic mass is 9.95. The highest BCUT2D eigenvalue weighted by Gasteiger charge is 2.24. The van der Waals surface area contributed by atoms with Gasteiger partial charge in [-0.3, -0.25) is 0 Å². The molecule has 0 spiro atoms. The van der Waals surface area contributed by atoms with Crippen LogP contribution in [0, 0.1) is 0 Å². The second-order valence-corrected chi connectivity index (χ2v) is 6.21. The number of aromatic nitrogens is 2. The molecule has 1 aliphatic carbocycles. The zero-order chi connectivity index (χ0) is 13.2. The van der Waals surface area contributed by atoms with Gasteiger partial charge in [0.05, 0.1) is 10.6 Å². The molecule has 0 bridgehead atoms. The maximum absolute atomic E-state index is 6.15. The Bertz CT molecular complexity index is 573. The number of nitrogens with two attached hydrogens (primary N) is 1. The molecule has 2 heterocycles. The van der Waals surface area contributed by atoms with E-state index < -0.39 is 0 Å². The summed E-state index contributed by atoms with van der Waals surface area (Å²) in [6.45, 7) is 2.16. The van der Waals surface area contributed by atoms with Crippen molar-refractivity contribution in [3.05, 3.63) is 16.3 Å². The highest BCUT2D eigenvalue weighted by atomic mass is 32.1. The minimum absolute atomic E-state index is 0.614. The summed E-state index contributed by atoms with van der Waals surface area (Å²) in [5, 5.41) is 4.89. The molecule has 0 saturated carbocycles. The van der Waals surface area contributed by atoms with Gasteiger partial charge in [-0.25, -0.2) is 0 Å². The summed E-state index contributed by atoms with van der Waals surface area (Å²) in [5.41, 5.74) is 8.51. The molecule has 5 heteroatoms. The van der Waals surface area contributed by atoms with Gasteiger partial charge < -0.3 is 10.3 Å². The molecule has 0 saturated heterocycles. The van der Waals surface area contributed by atoms with Crippen LogP contribution in [0.2, 0.25) is 0 Å². The summed E-state index contributed by atoms with van der Waals surface area (Å²) in [6, 6.07) is 0.